The van der Waals surface area contributed by atoms with E-state index in [0.29, 0.717) is 12.3 Å². The van der Waals surface area contributed by atoms with E-state index in [1.807, 2.05) is 6.08 Å². The first kappa shape index (κ1) is 15.3. The number of ether oxygens (including phenoxy) is 1. The number of hydrogen-bond acceptors (Lipinski definition) is 3. The fraction of sp³-hybridized carbons (Fsp3) is 0.714. The SMILES string of the molecule is O=C(O)C(F)(F)C(F)(F)C(=O)OC1CC2CC1C1CC=CC21. The van der Waals surface area contributed by atoms with Gasteiger partial charge in [0.15, 0.2) is 0 Å². The van der Waals surface area contributed by atoms with Gasteiger partial charge in [0.05, 0.1) is 0 Å². The Bertz CT molecular complexity index is 545. The number of carboxylic acids is 1. The van der Waals surface area contributed by atoms with Crippen LogP contribution in [0.3, 0.4) is 0 Å². The molecule has 5 atom stereocenters. The fourth-order valence-electron chi connectivity index (χ4n) is 4.10. The van der Waals surface area contributed by atoms with Gasteiger partial charge in [0, 0.05) is 0 Å². The van der Waals surface area contributed by atoms with Gasteiger partial charge in [-0.3, -0.25) is 0 Å². The van der Waals surface area contributed by atoms with Crippen molar-refractivity contribution >= 4 is 11.9 Å². The Kier molecular flexibility index (Phi) is 3.27. The van der Waals surface area contributed by atoms with Gasteiger partial charge in [0.1, 0.15) is 6.10 Å². The zero-order chi connectivity index (χ0) is 16.3. The van der Waals surface area contributed by atoms with Gasteiger partial charge >= 0.3 is 23.8 Å². The second-order valence-corrected chi connectivity index (χ2v) is 6.20. The topological polar surface area (TPSA) is 63.6 Å². The van der Waals surface area contributed by atoms with Gasteiger partial charge in [0.2, 0.25) is 0 Å². The molecule has 22 heavy (non-hydrogen) atoms. The first-order valence-electron chi connectivity index (χ1n) is 7.03. The molecule has 0 radical (unpaired) electrons. The quantitative estimate of drug-likeness (QED) is 0.491. The summed E-state index contributed by atoms with van der Waals surface area (Å²) in [7, 11) is 0. The van der Waals surface area contributed by atoms with E-state index in [2.05, 4.69) is 10.8 Å². The fourth-order valence-corrected chi connectivity index (χ4v) is 4.10. The minimum atomic E-state index is -5.49. The van der Waals surface area contributed by atoms with Crippen molar-refractivity contribution in [2.45, 2.75) is 37.2 Å². The zero-order valence-electron chi connectivity index (χ0n) is 11.3. The summed E-state index contributed by atoms with van der Waals surface area (Å²) in [6.45, 7) is 0. The van der Waals surface area contributed by atoms with Gasteiger partial charge in [-0.2, -0.15) is 17.6 Å². The third-order valence-electron chi connectivity index (χ3n) is 5.12. The normalized spacial score (nSPS) is 36.5. The summed E-state index contributed by atoms with van der Waals surface area (Å²) in [5.41, 5.74) is 0. The molecule has 3 aliphatic rings. The van der Waals surface area contributed by atoms with Gasteiger partial charge in [-0.1, -0.05) is 12.2 Å². The van der Waals surface area contributed by atoms with E-state index in [4.69, 9.17) is 5.11 Å². The largest absolute Gasteiger partial charge is 0.477 e. The van der Waals surface area contributed by atoms with E-state index >= 15 is 0 Å². The maximum absolute atomic E-state index is 13.4. The Morgan fingerprint density at radius 2 is 1.77 bits per heavy atom. The predicted octanol–water partition coefficient (Wildman–Crippen LogP) is 2.49. The van der Waals surface area contributed by atoms with E-state index < -0.39 is 29.9 Å². The predicted molar refractivity (Wildman–Crippen MR) is 64.4 cm³/mol. The van der Waals surface area contributed by atoms with E-state index in [1.54, 1.807) is 0 Å². The molecule has 0 spiro atoms. The molecule has 4 nitrogen and oxygen atoms in total. The summed E-state index contributed by atoms with van der Waals surface area (Å²) in [6.07, 6.45) is 5.07. The molecule has 0 amide bonds. The lowest BCUT2D eigenvalue weighted by Gasteiger charge is -2.32. The van der Waals surface area contributed by atoms with Crippen LogP contribution >= 0.6 is 0 Å². The van der Waals surface area contributed by atoms with Crippen LogP contribution in [0.5, 0.6) is 0 Å². The lowest BCUT2D eigenvalue weighted by molar-refractivity contribution is -0.238. The molecule has 8 heteroatoms. The van der Waals surface area contributed by atoms with Crippen LogP contribution in [-0.4, -0.2) is 35.0 Å². The third kappa shape index (κ3) is 1.95. The number of carboxylic acid groups (broad SMARTS) is 1. The number of allylic oxidation sites excluding steroid dienone is 2. The molecule has 1 N–H and O–H groups in total. The first-order valence-corrected chi connectivity index (χ1v) is 7.03. The number of esters is 1. The summed E-state index contributed by atoms with van der Waals surface area (Å²) < 4.78 is 57.4. The highest BCUT2D eigenvalue weighted by atomic mass is 19.3. The number of halogens is 4. The summed E-state index contributed by atoms with van der Waals surface area (Å²) in [5.74, 6) is -15.7. The smallest absolute Gasteiger partial charge is 0.415 e. The van der Waals surface area contributed by atoms with E-state index in [9.17, 15) is 27.2 Å². The van der Waals surface area contributed by atoms with Gasteiger partial charge in [0.25, 0.3) is 0 Å². The van der Waals surface area contributed by atoms with Crippen molar-refractivity contribution in [3.63, 3.8) is 0 Å². The van der Waals surface area contributed by atoms with Crippen LogP contribution in [0.15, 0.2) is 12.2 Å². The molecule has 0 aromatic rings. The monoisotopic (exact) mass is 322 g/mol. The average Bonchev–Trinajstić information content (AvgIpc) is 3.09. The highest BCUT2D eigenvalue weighted by Crippen LogP contribution is 2.57. The molecule has 122 valence electrons. The molecule has 2 saturated carbocycles. The lowest BCUT2D eigenvalue weighted by Crippen LogP contribution is -2.54. The van der Waals surface area contributed by atoms with Gasteiger partial charge in [-0.25, -0.2) is 9.59 Å². The Hall–Kier alpha value is -1.60. The van der Waals surface area contributed by atoms with Gasteiger partial charge < -0.3 is 9.84 Å². The Labute approximate surface area is 123 Å². The summed E-state index contributed by atoms with van der Waals surface area (Å²) in [5, 5.41) is 8.17. The number of fused-ring (bicyclic) bond motifs is 5. The number of rotatable bonds is 4. The van der Waals surface area contributed by atoms with Gasteiger partial charge in [-0.05, 0) is 42.9 Å². The standard InChI is InChI=1S/C14H14F4O4/c15-13(16,11(19)20)14(17,18)12(21)22-10-5-6-4-9(10)8-3-1-2-7(6)8/h1-2,6-10H,3-5H2,(H,19,20). The van der Waals surface area contributed by atoms with Crippen LogP contribution < -0.4 is 0 Å². The second-order valence-electron chi connectivity index (χ2n) is 6.20. The first-order chi connectivity index (χ1) is 10.2. The Morgan fingerprint density at radius 1 is 1.09 bits per heavy atom. The molecule has 2 bridgehead atoms. The molecule has 0 aliphatic heterocycles. The Morgan fingerprint density at radius 3 is 2.41 bits per heavy atom. The molecule has 2 fully saturated rings. The minimum absolute atomic E-state index is 0.122. The third-order valence-corrected chi connectivity index (χ3v) is 5.12. The molecule has 0 heterocycles. The van der Waals surface area contributed by atoms with Crippen molar-refractivity contribution in [2.75, 3.05) is 0 Å². The molecule has 3 aliphatic carbocycles. The molecule has 0 saturated heterocycles. The average molecular weight is 322 g/mol. The molecule has 5 unspecified atom stereocenters. The number of carbonyl (C=O) groups excluding carboxylic acids is 1. The van der Waals surface area contributed by atoms with Crippen LogP contribution in [-0.2, 0) is 14.3 Å². The van der Waals surface area contributed by atoms with Crippen molar-refractivity contribution in [1.29, 1.82) is 0 Å². The van der Waals surface area contributed by atoms with Gasteiger partial charge in [-0.15, -0.1) is 0 Å². The summed E-state index contributed by atoms with van der Waals surface area (Å²) >= 11 is 0. The highest BCUT2D eigenvalue weighted by molar-refractivity contribution is 5.89. The molecule has 3 rings (SSSR count). The maximum atomic E-state index is 13.4. The number of hydrogen-bond donors (Lipinski definition) is 1. The molecule has 0 aromatic carbocycles. The second kappa shape index (κ2) is 4.70. The van der Waals surface area contributed by atoms with Crippen LogP contribution in [0.4, 0.5) is 17.6 Å². The van der Waals surface area contributed by atoms with Crippen molar-refractivity contribution in [3.8, 4) is 0 Å². The van der Waals surface area contributed by atoms with Crippen molar-refractivity contribution in [1.82, 2.24) is 0 Å². The number of aliphatic carboxylic acids is 1. The summed E-state index contributed by atoms with van der Waals surface area (Å²) in [6, 6.07) is 0. The summed E-state index contributed by atoms with van der Waals surface area (Å²) in [4.78, 5) is 21.6. The molecular weight excluding hydrogens is 308 g/mol. The van der Waals surface area contributed by atoms with Crippen LogP contribution in [0.2, 0.25) is 0 Å². The van der Waals surface area contributed by atoms with E-state index in [0.717, 1.165) is 12.8 Å². The zero-order valence-corrected chi connectivity index (χ0v) is 11.3. The van der Waals surface area contributed by atoms with Crippen molar-refractivity contribution in [3.05, 3.63) is 12.2 Å². The number of alkyl halides is 4. The molecular formula is C14H14F4O4. The Balaban J connectivity index is 1.70. The van der Waals surface area contributed by atoms with Crippen LogP contribution in [0, 0.1) is 23.7 Å². The number of carbonyl (C=O) groups is 2. The minimum Gasteiger partial charge on any atom is -0.477 e. The van der Waals surface area contributed by atoms with E-state index in [1.165, 1.54) is 0 Å². The maximum Gasteiger partial charge on any atom is 0.415 e. The van der Waals surface area contributed by atoms with E-state index in [-0.39, 0.29) is 17.8 Å². The molecule has 0 aromatic heterocycles. The van der Waals surface area contributed by atoms with Crippen LogP contribution in [0.25, 0.3) is 0 Å². The lowest BCUT2D eigenvalue weighted by atomic mass is 9.80. The van der Waals surface area contributed by atoms with Crippen molar-refractivity contribution < 1.29 is 37.0 Å². The highest BCUT2D eigenvalue weighted by Gasteiger charge is 2.69. The van der Waals surface area contributed by atoms with Crippen LogP contribution in [0.1, 0.15) is 19.3 Å². The van der Waals surface area contributed by atoms with Crippen molar-refractivity contribution in [2.24, 2.45) is 23.7 Å².